The first-order chi connectivity index (χ1) is 67.1. The molecule has 6 heterocycles. The number of rotatable bonds is 57. The van der Waals surface area contributed by atoms with Gasteiger partial charge in [-0.3, -0.25) is 19.2 Å². The quantitative estimate of drug-likeness (QED) is 0.0181. The molecule has 0 unspecified atom stereocenters. The van der Waals surface area contributed by atoms with E-state index in [1.165, 1.54) is 13.8 Å². The minimum atomic E-state index is -2.64. The number of unbranched alkanes of at least 4 members (excludes halogenated alkanes) is 1. The van der Waals surface area contributed by atoms with Crippen LogP contribution in [0.3, 0.4) is 0 Å². The van der Waals surface area contributed by atoms with Gasteiger partial charge in [-0.1, -0.05) is 276 Å². The molecule has 6 aliphatic heterocycles. The summed E-state index contributed by atoms with van der Waals surface area (Å²) in [5, 5.41) is -0.233. The SMILES string of the molecule is C=C/C=C/[C@H](CC(=C)C[C@H]1O[C@@H]([C@H](O[Si](CC)(CC)CC)[C@@]2(OC)C[C@H](O[Si](C)(C)C(C)(C)C)[C@@H](C)[C@@H](CCC/C=C/[C@H]3C[C@H](O[Si](C)(C)C(C)(C)C)C[C@@]4(C[C@@H](OC)C[C@@H](CC(=O)[C@@H](C)[C@@H](OC(C)=O)[C@H](C)C(=C)C[C@H]5C[C@](C)(O[Si](CC)(CC)CC)C[C@@]6(C[C@@H](OC(C)=O)C[C@H](CC(=O)O[Si](C(C)C)(C(C)C)C(C)C)O6)O5)O4)O3)O2)[C@H](C)[C@@H](O[Si](CC)(CC)CC)[C@@H]1O[Si](CC)(CC)CC)O[Si](C)(C)C(C)(C)C. The largest absolute Gasteiger partial charge is 0.518 e. The van der Waals surface area contributed by atoms with Crippen molar-refractivity contribution < 1.29 is 102 Å². The summed E-state index contributed by atoms with van der Waals surface area (Å²) < 4.78 is 134. The Kier molecular flexibility index (Phi) is 49.7. The Balaban J connectivity index is 1.39. The molecule has 0 amide bonds. The summed E-state index contributed by atoms with van der Waals surface area (Å²) in [5.74, 6) is -6.92. The van der Waals surface area contributed by atoms with Crippen LogP contribution in [0.15, 0.2) is 61.3 Å². The van der Waals surface area contributed by atoms with E-state index in [9.17, 15) is 14.4 Å². The topological polar surface area (TPSA) is 234 Å². The Bertz CT molecular complexity index is 4050. The molecule has 0 aliphatic carbocycles. The zero-order valence-corrected chi connectivity index (χ0v) is 108. The van der Waals surface area contributed by atoms with E-state index >= 15 is 4.79 Å². The molecule has 0 N–H and O–H groups in total. The molecule has 0 aromatic heterocycles. The molecule has 6 saturated heterocycles. The Morgan fingerprint density at radius 1 is 0.510 bits per heavy atom. The van der Waals surface area contributed by atoms with Crippen LogP contribution in [0, 0.1) is 23.7 Å². The zero-order chi connectivity index (χ0) is 110. The van der Waals surface area contributed by atoms with Crippen molar-refractivity contribution in [1.29, 1.82) is 0 Å². The van der Waals surface area contributed by atoms with Gasteiger partial charge in [-0.2, -0.15) is 0 Å². The van der Waals surface area contributed by atoms with Gasteiger partial charge in [0.15, 0.2) is 75.6 Å². The summed E-state index contributed by atoms with van der Waals surface area (Å²) >= 11 is 0. The van der Waals surface area contributed by atoms with Gasteiger partial charge in [0.1, 0.15) is 24.1 Å². The molecule has 0 aromatic rings. The van der Waals surface area contributed by atoms with E-state index < -0.39 is 168 Å². The van der Waals surface area contributed by atoms with E-state index in [4.69, 9.17) is 95.9 Å². The highest BCUT2D eigenvalue weighted by atomic mass is 28.4. The molecular weight excluding hydrogens is 1960 g/mol. The fourth-order valence-electron chi connectivity index (χ4n) is 24.4. The van der Waals surface area contributed by atoms with Gasteiger partial charge in [0.05, 0.1) is 97.3 Å². The highest BCUT2D eigenvalue weighted by Gasteiger charge is 2.64. The molecule has 0 bridgehead atoms. The molecule has 2 spiro atoms. The lowest BCUT2D eigenvalue weighted by Crippen LogP contribution is -2.70. The van der Waals surface area contributed by atoms with Crippen LogP contribution in [0.2, 0.25) is 144 Å². The van der Waals surface area contributed by atoms with Crippen molar-refractivity contribution in [3.8, 4) is 0 Å². The molecular formula is C115H218O22Si8. The van der Waals surface area contributed by atoms with Crippen LogP contribution in [-0.2, 0) is 102 Å². The van der Waals surface area contributed by atoms with Gasteiger partial charge in [0, 0.05) is 110 Å². The molecule has 145 heavy (non-hydrogen) atoms. The lowest BCUT2D eigenvalue weighted by atomic mass is 9.78. The number of carbonyl (C=O) groups is 4. The standard InChI is InChI=1S/C115H218O22Si8/c1-46-59-63-92(130-138(40,41)109(28,29)30)66-83(20)67-101-107(135-142(50-5,51-6)52-7)105(134-141(47-2,48-3)49-4)88(25)106(124-101)108(136-143(53-8,54-9)55-10)115(121-39)78-102(132-140(44,45)111(34,35)36)87(24)100(129-115)65-62-60-61-64-91-69-98(131-139(42,43)110(31,32)33)77-113(125-91)75-95(120-38)70-93(126-113)72-99(118)86(23)104(123-90(27)117)85(22)84(21)68-97-74-112(37,137-144(56-11,57-12)58-13)79-114(128-97)76-96(122-89(26)116)71-94(127-114)73-103(119)133-145(80(14)15,81(16)17)82(18)19/h46,59,61,63-64,80-82,85-88,91-98,100-102,104-108H,1,20-21,47-58,60,62,65-79H2,2-19,22-45H3/b63-59+,64-61+/t85-,86-,87+,88-,91+,92-,93+,94-,95+,96+,97+,98+,100-,101-,102+,104+,105-,106-,107-,108+,112+,113+,114-,115-/m1/s1. The lowest BCUT2D eigenvalue weighted by Gasteiger charge is -2.58. The maximum absolute atomic E-state index is 15.6. The molecule has 30 heteroatoms. The second-order valence-corrected chi connectivity index (χ2v) is 89.6. The van der Waals surface area contributed by atoms with Gasteiger partial charge in [0.2, 0.25) is 0 Å². The van der Waals surface area contributed by atoms with Crippen molar-refractivity contribution in [2.45, 2.75) is 609 Å². The first-order valence-electron chi connectivity index (χ1n) is 57.4. The first kappa shape index (κ1) is 132. The third kappa shape index (κ3) is 33.7. The van der Waals surface area contributed by atoms with Crippen LogP contribution in [0.4, 0.5) is 0 Å². The summed E-state index contributed by atoms with van der Waals surface area (Å²) in [6.07, 6.45) is 10.00. The summed E-state index contributed by atoms with van der Waals surface area (Å²) in [7, 11) is -16.0. The van der Waals surface area contributed by atoms with Crippen LogP contribution in [0.1, 0.15) is 345 Å². The number of Topliss-reactive ketones (excluding diaryl/α,β-unsaturated/α-hetero) is 1. The van der Waals surface area contributed by atoms with Crippen LogP contribution >= 0.6 is 0 Å². The molecule has 0 radical (unpaired) electrons. The van der Waals surface area contributed by atoms with E-state index in [0.29, 0.717) is 82.6 Å². The van der Waals surface area contributed by atoms with Crippen LogP contribution in [-0.4, -0.2) is 225 Å². The average Bonchev–Trinajstić information content (AvgIpc) is 0.736. The number of carbonyl (C=O) groups excluding carboxylic acids is 4. The van der Waals surface area contributed by atoms with Gasteiger partial charge < -0.3 is 82.8 Å². The molecule has 0 aromatic carbocycles. The molecule has 6 fully saturated rings. The van der Waals surface area contributed by atoms with Crippen LogP contribution in [0.25, 0.3) is 0 Å². The van der Waals surface area contributed by atoms with Gasteiger partial charge in [-0.15, -0.1) is 0 Å². The minimum Gasteiger partial charge on any atom is -0.518 e. The number of esters is 2. The molecule has 842 valence electrons. The summed E-state index contributed by atoms with van der Waals surface area (Å²) in [6.45, 7) is 103. The Morgan fingerprint density at radius 2 is 1.01 bits per heavy atom. The molecule has 0 saturated carbocycles. The van der Waals surface area contributed by atoms with Crippen molar-refractivity contribution in [3.05, 3.63) is 61.3 Å². The van der Waals surface area contributed by atoms with Crippen molar-refractivity contribution in [3.63, 3.8) is 0 Å². The summed E-state index contributed by atoms with van der Waals surface area (Å²) in [4.78, 5) is 56.7. The Morgan fingerprint density at radius 3 is 1.50 bits per heavy atom. The van der Waals surface area contributed by atoms with Crippen LogP contribution < -0.4 is 0 Å². The van der Waals surface area contributed by atoms with Crippen LogP contribution in [0.5, 0.6) is 0 Å². The van der Waals surface area contributed by atoms with E-state index in [1.807, 2.05) is 33.1 Å². The first-order valence-corrected chi connectivity index (χ1v) is 78.4. The average molecular weight is 2180 g/mol. The molecule has 24 atom stereocenters. The Hall–Kier alpha value is -2.08. The number of hydrogen-bond acceptors (Lipinski definition) is 22. The molecule has 6 rings (SSSR count). The van der Waals surface area contributed by atoms with Crippen molar-refractivity contribution in [1.82, 2.24) is 0 Å². The normalized spacial score (nSPS) is 29.8. The fourth-order valence-corrected chi connectivity index (χ4v) is 45.4. The van der Waals surface area contributed by atoms with Gasteiger partial charge >= 0.3 is 11.9 Å². The number of ether oxygens (including phenoxy) is 10. The number of hydrogen-bond donors (Lipinski definition) is 0. The smallest absolute Gasteiger partial charge is 0.302 e. The number of allylic oxidation sites excluding steroid dienone is 3. The van der Waals surface area contributed by atoms with E-state index in [-0.39, 0.29) is 124 Å². The number of ketones is 1. The fraction of sp³-hybridized carbons (Fsp3) is 0.878. The molecule has 22 nitrogen and oxygen atoms in total. The lowest BCUT2D eigenvalue weighted by molar-refractivity contribution is -0.353. The third-order valence-corrected chi connectivity index (χ3v) is 75.5. The van der Waals surface area contributed by atoms with E-state index in [0.717, 1.165) is 84.5 Å². The van der Waals surface area contributed by atoms with Crippen molar-refractivity contribution in [2.75, 3.05) is 14.2 Å². The maximum Gasteiger partial charge on any atom is 0.302 e. The third-order valence-electron chi connectivity index (χ3n) is 37.3. The second-order valence-electron chi connectivity index (χ2n) is 51.1. The van der Waals surface area contributed by atoms with Gasteiger partial charge in [-0.25, -0.2) is 0 Å². The Labute approximate surface area is 894 Å². The van der Waals surface area contributed by atoms with Crippen molar-refractivity contribution in [2.24, 2.45) is 23.7 Å². The van der Waals surface area contributed by atoms with E-state index in [2.05, 4.69) is 272 Å². The van der Waals surface area contributed by atoms with Crippen molar-refractivity contribution >= 4 is 90.2 Å². The predicted molar refractivity (Wildman–Crippen MR) is 613 cm³/mol. The second kappa shape index (κ2) is 54.7. The monoisotopic (exact) mass is 2180 g/mol. The van der Waals surface area contributed by atoms with Gasteiger partial charge in [-0.05, 0) is 189 Å². The van der Waals surface area contributed by atoms with E-state index in [1.54, 1.807) is 7.11 Å². The number of methoxy groups -OCH3 is 2. The minimum absolute atomic E-state index is 0.00107. The highest BCUT2D eigenvalue weighted by Crippen LogP contribution is 2.56. The molecule has 6 aliphatic rings. The maximum atomic E-state index is 15.6. The summed E-state index contributed by atoms with van der Waals surface area (Å²) in [5.41, 5.74) is 1.49. The predicted octanol–water partition coefficient (Wildman–Crippen LogP) is 30.4. The van der Waals surface area contributed by atoms with Gasteiger partial charge in [0.25, 0.3) is 14.3 Å². The summed E-state index contributed by atoms with van der Waals surface area (Å²) in [6, 6.07) is 11.3. The highest BCUT2D eigenvalue weighted by molar-refractivity contribution is 6.79. The zero-order valence-electron chi connectivity index (χ0n) is 100.